The zero-order valence-corrected chi connectivity index (χ0v) is 16.3. The molecule has 3 aromatic heterocycles. The molecule has 0 spiro atoms. The van der Waals surface area contributed by atoms with Gasteiger partial charge in [-0.25, -0.2) is 9.97 Å². The lowest BCUT2D eigenvalue weighted by Crippen LogP contribution is -2.44. The minimum atomic E-state index is 0.865. The summed E-state index contributed by atoms with van der Waals surface area (Å²) in [4.78, 5) is 17.8. The van der Waals surface area contributed by atoms with E-state index in [-0.39, 0.29) is 0 Å². The number of likely N-dealkylation sites (N-methyl/N-ethyl adjacent to an activating group) is 1. The van der Waals surface area contributed by atoms with Gasteiger partial charge in [0.2, 0.25) is 0 Å². The highest BCUT2D eigenvalue weighted by molar-refractivity contribution is 5.85. The number of piperazine rings is 1. The van der Waals surface area contributed by atoms with Crippen molar-refractivity contribution in [3.63, 3.8) is 0 Å². The first kappa shape index (κ1) is 17.0. The third-order valence-corrected chi connectivity index (χ3v) is 5.52. The van der Waals surface area contributed by atoms with Crippen LogP contribution >= 0.6 is 0 Å². The molecule has 0 saturated carbocycles. The van der Waals surface area contributed by atoms with Crippen LogP contribution in [0.4, 0.5) is 5.69 Å². The molecule has 142 valence electrons. The SMILES string of the molecule is Cc1cc(N2CCN(C)CC2)cc2[nH]c(-c3cccn3-c3ccccn3)nc12. The summed E-state index contributed by atoms with van der Waals surface area (Å²) in [6, 6.07) is 14.5. The van der Waals surface area contributed by atoms with Crippen molar-refractivity contribution in [1.29, 1.82) is 0 Å². The summed E-state index contributed by atoms with van der Waals surface area (Å²) in [6.45, 7) is 6.46. The molecule has 0 radical (unpaired) electrons. The molecule has 28 heavy (non-hydrogen) atoms. The number of nitrogens with zero attached hydrogens (tertiary/aromatic N) is 5. The van der Waals surface area contributed by atoms with E-state index in [0.717, 1.165) is 54.5 Å². The van der Waals surface area contributed by atoms with Crippen molar-refractivity contribution in [2.75, 3.05) is 38.1 Å². The molecule has 1 fully saturated rings. The molecule has 1 saturated heterocycles. The molecular weight excluding hydrogens is 348 g/mol. The first-order valence-corrected chi connectivity index (χ1v) is 9.72. The first-order valence-electron chi connectivity index (χ1n) is 9.72. The highest BCUT2D eigenvalue weighted by atomic mass is 15.2. The van der Waals surface area contributed by atoms with E-state index in [9.17, 15) is 0 Å². The molecular formula is C22H24N6. The standard InChI is InChI=1S/C22H24N6/c1-16-14-17(27-12-10-26(2)11-13-27)15-18-21(16)25-22(24-18)19-6-5-9-28(19)20-7-3-4-8-23-20/h3-9,14-15H,10-13H2,1-2H3,(H,24,25). The van der Waals surface area contributed by atoms with Gasteiger partial charge in [-0.1, -0.05) is 6.07 Å². The summed E-state index contributed by atoms with van der Waals surface area (Å²) in [5, 5.41) is 0. The molecule has 4 heterocycles. The summed E-state index contributed by atoms with van der Waals surface area (Å²) < 4.78 is 2.06. The van der Waals surface area contributed by atoms with Gasteiger partial charge in [0.1, 0.15) is 5.82 Å². The molecule has 0 amide bonds. The third-order valence-electron chi connectivity index (χ3n) is 5.52. The summed E-state index contributed by atoms with van der Waals surface area (Å²) in [5.74, 6) is 1.75. The van der Waals surface area contributed by atoms with Gasteiger partial charge in [0.15, 0.2) is 5.82 Å². The minimum absolute atomic E-state index is 0.865. The predicted octanol–water partition coefficient (Wildman–Crippen LogP) is 3.48. The average Bonchev–Trinajstić information content (AvgIpc) is 3.36. The second-order valence-corrected chi connectivity index (χ2v) is 7.49. The Hall–Kier alpha value is -3.12. The van der Waals surface area contributed by atoms with E-state index in [0.29, 0.717) is 0 Å². The van der Waals surface area contributed by atoms with Crippen LogP contribution in [0.1, 0.15) is 5.56 Å². The molecule has 0 atom stereocenters. The van der Waals surface area contributed by atoms with Crippen molar-refractivity contribution in [1.82, 2.24) is 24.4 Å². The molecule has 1 aliphatic rings. The Morgan fingerprint density at radius 2 is 1.86 bits per heavy atom. The number of imidazole rings is 1. The zero-order chi connectivity index (χ0) is 19.1. The Labute approximate surface area is 164 Å². The summed E-state index contributed by atoms with van der Waals surface area (Å²) in [6.07, 6.45) is 3.83. The van der Waals surface area contributed by atoms with E-state index >= 15 is 0 Å². The van der Waals surface area contributed by atoms with E-state index in [2.05, 4.69) is 56.5 Å². The van der Waals surface area contributed by atoms with Gasteiger partial charge in [-0.05, 0) is 55.9 Å². The Balaban J connectivity index is 1.55. The number of pyridine rings is 1. The van der Waals surface area contributed by atoms with Crippen LogP contribution < -0.4 is 4.90 Å². The average molecular weight is 372 g/mol. The second kappa shape index (κ2) is 6.80. The third kappa shape index (κ3) is 2.96. The molecule has 1 aliphatic heterocycles. The highest BCUT2D eigenvalue weighted by Gasteiger charge is 2.17. The van der Waals surface area contributed by atoms with Crippen molar-refractivity contribution in [2.45, 2.75) is 6.92 Å². The quantitative estimate of drug-likeness (QED) is 0.598. The number of nitrogens with one attached hydrogen (secondary N) is 1. The van der Waals surface area contributed by atoms with Crippen LogP contribution in [0.3, 0.4) is 0 Å². The predicted molar refractivity (Wildman–Crippen MR) is 113 cm³/mol. The van der Waals surface area contributed by atoms with Crippen LogP contribution in [-0.4, -0.2) is 57.6 Å². The Kier molecular flexibility index (Phi) is 4.13. The zero-order valence-electron chi connectivity index (χ0n) is 16.3. The van der Waals surface area contributed by atoms with Crippen molar-refractivity contribution in [3.8, 4) is 17.3 Å². The number of hydrogen-bond donors (Lipinski definition) is 1. The van der Waals surface area contributed by atoms with E-state index in [1.165, 1.54) is 11.3 Å². The van der Waals surface area contributed by atoms with Crippen LogP contribution in [0.5, 0.6) is 0 Å². The van der Waals surface area contributed by atoms with Crippen molar-refractivity contribution >= 4 is 16.7 Å². The van der Waals surface area contributed by atoms with Gasteiger partial charge in [0.05, 0.1) is 16.7 Å². The van der Waals surface area contributed by atoms with Crippen LogP contribution in [0.15, 0.2) is 54.9 Å². The Bertz CT molecular complexity index is 1100. The molecule has 0 unspecified atom stereocenters. The normalized spacial score (nSPS) is 15.4. The number of rotatable bonds is 3. The van der Waals surface area contributed by atoms with Gasteiger partial charge in [-0.15, -0.1) is 0 Å². The maximum Gasteiger partial charge on any atom is 0.155 e. The van der Waals surface area contributed by atoms with Crippen molar-refractivity contribution in [3.05, 3.63) is 60.4 Å². The fraction of sp³-hybridized carbons (Fsp3) is 0.273. The van der Waals surface area contributed by atoms with Gasteiger partial charge in [-0.2, -0.15) is 0 Å². The number of aromatic amines is 1. The molecule has 6 heteroatoms. The Morgan fingerprint density at radius 1 is 1.00 bits per heavy atom. The lowest BCUT2D eigenvalue weighted by molar-refractivity contribution is 0.313. The smallest absolute Gasteiger partial charge is 0.155 e. The lowest BCUT2D eigenvalue weighted by Gasteiger charge is -2.34. The molecule has 4 aromatic rings. The van der Waals surface area contributed by atoms with E-state index in [4.69, 9.17) is 4.98 Å². The van der Waals surface area contributed by atoms with Crippen LogP contribution in [0, 0.1) is 6.92 Å². The number of anilines is 1. The summed E-state index contributed by atoms with van der Waals surface area (Å²) in [7, 11) is 2.18. The van der Waals surface area contributed by atoms with Gasteiger partial charge in [-0.3, -0.25) is 4.57 Å². The second-order valence-electron chi connectivity index (χ2n) is 7.49. The largest absolute Gasteiger partial charge is 0.369 e. The van der Waals surface area contributed by atoms with Crippen molar-refractivity contribution in [2.24, 2.45) is 0 Å². The van der Waals surface area contributed by atoms with Gasteiger partial charge < -0.3 is 14.8 Å². The fourth-order valence-corrected chi connectivity index (χ4v) is 3.91. The highest BCUT2D eigenvalue weighted by Crippen LogP contribution is 2.29. The number of benzene rings is 1. The number of H-pyrrole nitrogens is 1. The topological polar surface area (TPSA) is 53.0 Å². The number of aryl methyl sites for hydroxylation is 1. The van der Waals surface area contributed by atoms with Crippen molar-refractivity contribution < 1.29 is 0 Å². The number of aromatic nitrogens is 4. The van der Waals surface area contributed by atoms with E-state index in [1.54, 1.807) is 0 Å². The summed E-state index contributed by atoms with van der Waals surface area (Å²) >= 11 is 0. The van der Waals surface area contributed by atoms with Gasteiger partial charge in [0, 0.05) is 44.3 Å². The molecule has 1 N–H and O–H groups in total. The molecule has 1 aromatic carbocycles. The molecule has 0 aliphatic carbocycles. The number of fused-ring (bicyclic) bond motifs is 1. The van der Waals surface area contributed by atoms with E-state index < -0.39 is 0 Å². The lowest BCUT2D eigenvalue weighted by atomic mass is 10.1. The maximum absolute atomic E-state index is 4.91. The van der Waals surface area contributed by atoms with Crippen LogP contribution in [-0.2, 0) is 0 Å². The summed E-state index contributed by atoms with van der Waals surface area (Å²) in [5.41, 5.74) is 5.59. The van der Waals surface area contributed by atoms with E-state index in [1.807, 2.05) is 36.7 Å². The number of hydrogen-bond acceptors (Lipinski definition) is 4. The minimum Gasteiger partial charge on any atom is -0.369 e. The molecule has 6 nitrogen and oxygen atoms in total. The fourth-order valence-electron chi connectivity index (χ4n) is 3.91. The maximum atomic E-state index is 4.91. The van der Waals surface area contributed by atoms with Crippen LogP contribution in [0.2, 0.25) is 0 Å². The molecule has 5 rings (SSSR count). The van der Waals surface area contributed by atoms with Gasteiger partial charge >= 0.3 is 0 Å². The van der Waals surface area contributed by atoms with Gasteiger partial charge in [0.25, 0.3) is 0 Å². The first-order chi connectivity index (χ1) is 13.7. The molecule has 0 bridgehead atoms. The monoisotopic (exact) mass is 372 g/mol. The Morgan fingerprint density at radius 3 is 2.64 bits per heavy atom. The van der Waals surface area contributed by atoms with Crippen LogP contribution in [0.25, 0.3) is 28.4 Å².